The fourth-order valence-corrected chi connectivity index (χ4v) is 2.15. The second-order valence-electron chi connectivity index (χ2n) is 3.81. The highest BCUT2D eigenvalue weighted by atomic mass is 32.2. The Morgan fingerprint density at radius 2 is 2.33 bits per heavy atom. The summed E-state index contributed by atoms with van der Waals surface area (Å²) < 4.78 is 5.62. The number of hydrogen-bond acceptors (Lipinski definition) is 5. The summed E-state index contributed by atoms with van der Waals surface area (Å²) in [7, 11) is 0. The molecule has 0 unspecified atom stereocenters. The van der Waals surface area contributed by atoms with Crippen molar-refractivity contribution in [3.63, 3.8) is 0 Å². The molecule has 5 heteroatoms. The Hall–Kier alpha value is -0.940. The summed E-state index contributed by atoms with van der Waals surface area (Å²) in [6.45, 7) is 3.93. The Bertz CT molecular complexity index is 324. The van der Waals surface area contributed by atoms with Crippen LogP contribution >= 0.6 is 11.8 Å². The third-order valence-corrected chi connectivity index (χ3v) is 3.29. The van der Waals surface area contributed by atoms with Gasteiger partial charge >= 0.3 is 0 Å². The maximum absolute atomic E-state index is 8.66. The van der Waals surface area contributed by atoms with Crippen molar-refractivity contribution in [3.8, 4) is 5.75 Å². The first-order valence-electron chi connectivity index (χ1n) is 6.38. The number of nitrogens with one attached hydrogen (secondary N) is 1. The average molecular weight is 270 g/mol. The van der Waals surface area contributed by atoms with Crippen LogP contribution in [0.15, 0.2) is 18.3 Å². The zero-order chi connectivity index (χ0) is 13.1. The lowest BCUT2D eigenvalue weighted by Gasteiger charge is -2.11. The summed E-state index contributed by atoms with van der Waals surface area (Å²) in [6.07, 6.45) is 3.62. The van der Waals surface area contributed by atoms with Crippen molar-refractivity contribution >= 4 is 17.6 Å². The highest BCUT2D eigenvalue weighted by Gasteiger charge is 2.02. The molecule has 1 heterocycles. The predicted molar refractivity (Wildman–Crippen MR) is 77.5 cm³/mol. The Kier molecular flexibility index (Phi) is 8.42. The summed E-state index contributed by atoms with van der Waals surface area (Å²) in [4.78, 5) is 4.28. The summed E-state index contributed by atoms with van der Waals surface area (Å²) in [5.41, 5.74) is 0. The van der Waals surface area contributed by atoms with Crippen LogP contribution in [0.2, 0.25) is 0 Å². The lowest BCUT2D eigenvalue weighted by molar-refractivity contribution is 0.296. The van der Waals surface area contributed by atoms with Gasteiger partial charge in [-0.2, -0.15) is 11.8 Å². The van der Waals surface area contributed by atoms with Gasteiger partial charge in [-0.1, -0.05) is 6.92 Å². The first-order valence-corrected chi connectivity index (χ1v) is 7.54. The Morgan fingerprint density at radius 3 is 3.11 bits per heavy atom. The van der Waals surface area contributed by atoms with Crippen molar-refractivity contribution in [3.05, 3.63) is 18.3 Å². The summed E-state index contributed by atoms with van der Waals surface area (Å²) in [5, 5.41) is 11.9. The molecule has 0 fully saturated rings. The maximum atomic E-state index is 8.66. The first-order chi connectivity index (χ1) is 8.88. The SMILES string of the molecule is CCCOc1cccnc1NCCSCCCO. The molecule has 1 aromatic rings. The van der Waals surface area contributed by atoms with Gasteiger partial charge in [-0.05, 0) is 30.7 Å². The standard InChI is InChI=1S/C13H22N2O2S/c1-2-9-17-12-5-3-6-14-13(12)15-7-11-18-10-4-8-16/h3,5-6,16H,2,4,7-11H2,1H3,(H,14,15). The van der Waals surface area contributed by atoms with Crippen LogP contribution in [0, 0.1) is 0 Å². The van der Waals surface area contributed by atoms with Crippen LogP contribution < -0.4 is 10.1 Å². The number of pyridine rings is 1. The second-order valence-corrected chi connectivity index (χ2v) is 5.04. The molecule has 4 nitrogen and oxygen atoms in total. The molecule has 2 N–H and O–H groups in total. The molecule has 0 saturated heterocycles. The van der Waals surface area contributed by atoms with E-state index in [4.69, 9.17) is 9.84 Å². The zero-order valence-electron chi connectivity index (χ0n) is 10.9. The van der Waals surface area contributed by atoms with Crippen LogP contribution in [-0.4, -0.2) is 41.4 Å². The molecule has 18 heavy (non-hydrogen) atoms. The maximum Gasteiger partial charge on any atom is 0.168 e. The van der Waals surface area contributed by atoms with Gasteiger partial charge in [-0.3, -0.25) is 0 Å². The second kappa shape index (κ2) is 10.0. The van der Waals surface area contributed by atoms with Gasteiger partial charge in [0, 0.05) is 25.1 Å². The molecule has 0 saturated carbocycles. The van der Waals surface area contributed by atoms with E-state index in [-0.39, 0.29) is 6.61 Å². The number of rotatable bonds is 10. The quantitative estimate of drug-likeness (QED) is 0.639. The van der Waals surface area contributed by atoms with Crippen molar-refractivity contribution < 1.29 is 9.84 Å². The van der Waals surface area contributed by atoms with E-state index in [1.54, 1.807) is 6.20 Å². The summed E-state index contributed by atoms with van der Waals surface area (Å²) >= 11 is 1.83. The zero-order valence-corrected chi connectivity index (χ0v) is 11.7. The van der Waals surface area contributed by atoms with Crippen molar-refractivity contribution in [1.82, 2.24) is 4.98 Å². The Balaban J connectivity index is 2.27. The number of aromatic nitrogens is 1. The molecular formula is C13H22N2O2S. The lowest BCUT2D eigenvalue weighted by Crippen LogP contribution is -2.08. The highest BCUT2D eigenvalue weighted by Crippen LogP contribution is 2.20. The van der Waals surface area contributed by atoms with Gasteiger partial charge in [0.25, 0.3) is 0 Å². The number of aliphatic hydroxyl groups excluding tert-OH is 1. The topological polar surface area (TPSA) is 54.4 Å². The van der Waals surface area contributed by atoms with E-state index >= 15 is 0 Å². The van der Waals surface area contributed by atoms with Crippen LogP contribution in [0.5, 0.6) is 5.75 Å². The molecule has 1 aromatic heterocycles. The molecule has 1 rings (SSSR count). The molecular weight excluding hydrogens is 248 g/mol. The van der Waals surface area contributed by atoms with Crippen LogP contribution in [0.4, 0.5) is 5.82 Å². The van der Waals surface area contributed by atoms with E-state index in [9.17, 15) is 0 Å². The molecule has 0 aliphatic carbocycles. The van der Waals surface area contributed by atoms with E-state index in [0.717, 1.165) is 42.5 Å². The van der Waals surface area contributed by atoms with Gasteiger partial charge in [-0.25, -0.2) is 4.98 Å². The molecule has 0 atom stereocenters. The van der Waals surface area contributed by atoms with Crippen molar-refractivity contribution in [1.29, 1.82) is 0 Å². The Morgan fingerprint density at radius 1 is 1.44 bits per heavy atom. The summed E-state index contributed by atoms with van der Waals surface area (Å²) in [5.74, 6) is 3.64. The van der Waals surface area contributed by atoms with Crippen molar-refractivity contribution in [2.24, 2.45) is 0 Å². The Labute approximate surface area is 113 Å². The first kappa shape index (κ1) is 15.1. The van der Waals surface area contributed by atoms with Gasteiger partial charge < -0.3 is 15.2 Å². The van der Waals surface area contributed by atoms with Gasteiger partial charge in [-0.15, -0.1) is 0 Å². The molecule has 0 aromatic carbocycles. The minimum Gasteiger partial charge on any atom is -0.490 e. The number of thioether (sulfide) groups is 1. The van der Waals surface area contributed by atoms with Crippen LogP contribution in [0.3, 0.4) is 0 Å². The molecule has 0 bridgehead atoms. The van der Waals surface area contributed by atoms with Crippen LogP contribution in [0.1, 0.15) is 19.8 Å². The van der Waals surface area contributed by atoms with Gasteiger partial charge in [0.15, 0.2) is 11.6 Å². The number of anilines is 1. The third kappa shape index (κ3) is 6.12. The van der Waals surface area contributed by atoms with Crippen molar-refractivity contribution in [2.75, 3.05) is 36.6 Å². The highest BCUT2D eigenvalue weighted by molar-refractivity contribution is 7.99. The molecule has 0 aliphatic rings. The molecule has 0 aliphatic heterocycles. The largest absolute Gasteiger partial charge is 0.490 e. The number of hydrogen-bond donors (Lipinski definition) is 2. The smallest absolute Gasteiger partial charge is 0.168 e. The fraction of sp³-hybridized carbons (Fsp3) is 0.615. The van der Waals surface area contributed by atoms with E-state index in [1.807, 2.05) is 23.9 Å². The normalized spacial score (nSPS) is 10.3. The van der Waals surface area contributed by atoms with E-state index < -0.39 is 0 Å². The van der Waals surface area contributed by atoms with Gasteiger partial charge in [0.05, 0.1) is 6.61 Å². The van der Waals surface area contributed by atoms with Gasteiger partial charge in [0.1, 0.15) is 0 Å². The van der Waals surface area contributed by atoms with E-state index in [2.05, 4.69) is 17.2 Å². The number of aliphatic hydroxyl groups is 1. The summed E-state index contributed by atoms with van der Waals surface area (Å²) in [6, 6.07) is 3.82. The van der Waals surface area contributed by atoms with Gasteiger partial charge in [0.2, 0.25) is 0 Å². The van der Waals surface area contributed by atoms with E-state index in [1.165, 1.54) is 0 Å². The third-order valence-electron chi connectivity index (χ3n) is 2.22. The predicted octanol–water partition coefficient (Wildman–Crippen LogP) is 2.40. The minimum atomic E-state index is 0.273. The molecule has 0 spiro atoms. The van der Waals surface area contributed by atoms with Crippen LogP contribution in [0.25, 0.3) is 0 Å². The minimum absolute atomic E-state index is 0.273. The van der Waals surface area contributed by atoms with E-state index in [0.29, 0.717) is 6.61 Å². The number of ether oxygens (including phenoxy) is 1. The molecule has 0 amide bonds. The monoisotopic (exact) mass is 270 g/mol. The number of nitrogens with zero attached hydrogens (tertiary/aromatic N) is 1. The fourth-order valence-electron chi connectivity index (χ4n) is 1.36. The molecule has 0 radical (unpaired) electrons. The van der Waals surface area contributed by atoms with Crippen molar-refractivity contribution in [2.45, 2.75) is 19.8 Å². The van der Waals surface area contributed by atoms with Crippen LogP contribution in [-0.2, 0) is 0 Å². The average Bonchev–Trinajstić information content (AvgIpc) is 2.41. The molecule has 102 valence electrons. The lowest BCUT2D eigenvalue weighted by atomic mass is 10.4.